The minimum Gasteiger partial charge on any atom is -0.363 e. The molecule has 1 aliphatic rings. The number of anilines is 3. The van der Waals surface area contributed by atoms with Crippen LogP contribution in [0.4, 0.5) is 22.1 Å². The minimum atomic E-state index is -0.104. The number of carbonyl (C=O) groups excluding carboxylic acids is 1. The molecule has 1 aromatic heterocycles. The fourth-order valence-corrected chi connectivity index (χ4v) is 3.18. The highest BCUT2D eigenvalue weighted by Gasteiger charge is 2.23. The molecule has 27 heavy (non-hydrogen) atoms. The first-order valence-electron chi connectivity index (χ1n) is 8.94. The van der Waals surface area contributed by atoms with Crippen LogP contribution < -0.4 is 15.1 Å². The van der Waals surface area contributed by atoms with Crippen LogP contribution in [-0.2, 0) is 0 Å². The van der Waals surface area contributed by atoms with Gasteiger partial charge in [0.05, 0.1) is 0 Å². The molecule has 2 amide bonds. The van der Waals surface area contributed by atoms with Crippen LogP contribution >= 0.6 is 11.6 Å². The van der Waals surface area contributed by atoms with Crippen molar-refractivity contribution in [1.29, 1.82) is 0 Å². The number of hydrogen-bond acceptors (Lipinski definition) is 5. The molecule has 0 bridgehead atoms. The van der Waals surface area contributed by atoms with Crippen LogP contribution in [-0.4, -0.2) is 61.2 Å². The van der Waals surface area contributed by atoms with Crippen LogP contribution in [0.5, 0.6) is 0 Å². The highest BCUT2D eigenvalue weighted by atomic mass is 35.5. The second kappa shape index (κ2) is 8.00. The number of benzene rings is 1. The van der Waals surface area contributed by atoms with Gasteiger partial charge in [-0.3, -0.25) is 0 Å². The van der Waals surface area contributed by atoms with Gasteiger partial charge in [-0.2, -0.15) is 0 Å². The van der Waals surface area contributed by atoms with Crippen molar-refractivity contribution >= 4 is 35.0 Å². The Hall–Kier alpha value is -2.54. The number of nitrogens with one attached hydrogen (secondary N) is 1. The number of amides is 2. The molecule has 0 atom stereocenters. The monoisotopic (exact) mass is 388 g/mol. The summed E-state index contributed by atoms with van der Waals surface area (Å²) in [4.78, 5) is 27.6. The molecule has 7 nitrogen and oxygen atoms in total. The Balaban J connectivity index is 1.63. The Morgan fingerprint density at radius 1 is 1.15 bits per heavy atom. The molecule has 1 fully saturated rings. The molecule has 0 spiro atoms. The van der Waals surface area contributed by atoms with E-state index in [9.17, 15) is 4.79 Å². The molecule has 0 saturated carbocycles. The molecule has 144 valence electrons. The normalized spacial score (nSPS) is 14.3. The lowest BCUT2D eigenvalue weighted by Gasteiger charge is -2.35. The molecule has 3 rings (SSSR count). The number of halogens is 1. The topological polar surface area (TPSA) is 64.6 Å². The summed E-state index contributed by atoms with van der Waals surface area (Å²) >= 11 is 6.13. The summed E-state index contributed by atoms with van der Waals surface area (Å²) in [6.45, 7) is 6.51. The Kier molecular flexibility index (Phi) is 5.70. The van der Waals surface area contributed by atoms with Crippen LogP contribution in [0, 0.1) is 13.8 Å². The minimum absolute atomic E-state index is 0.104. The molecule has 2 aromatic rings. The van der Waals surface area contributed by atoms with Crippen LogP contribution in [0.25, 0.3) is 0 Å². The third-order valence-corrected chi connectivity index (χ3v) is 5.08. The maximum absolute atomic E-state index is 12.6. The van der Waals surface area contributed by atoms with Crippen molar-refractivity contribution in [3.63, 3.8) is 0 Å². The molecule has 0 unspecified atom stereocenters. The van der Waals surface area contributed by atoms with E-state index in [2.05, 4.69) is 20.2 Å². The molecule has 2 heterocycles. The quantitative estimate of drug-likeness (QED) is 0.874. The van der Waals surface area contributed by atoms with E-state index in [-0.39, 0.29) is 6.03 Å². The van der Waals surface area contributed by atoms with Crippen molar-refractivity contribution in [3.05, 3.63) is 40.7 Å². The zero-order chi connectivity index (χ0) is 19.6. The number of urea groups is 1. The van der Waals surface area contributed by atoms with Gasteiger partial charge in [0.2, 0.25) is 0 Å². The fourth-order valence-electron chi connectivity index (χ4n) is 3.00. The lowest BCUT2D eigenvalue weighted by molar-refractivity contribution is 0.208. The van der Waals surface area contributed by atoms with E-state index in [0.29, 0.717) is 18.1 Å². The van der Waals surface area contributed by atoms with E-state index in [1.165, 1.54) is 0 Å². The van der Waals surface area contributed by atoms with Crippen LogP contribution in [0.2, 0.25) is 5.02 Å². The van der Waals surface area contributed by atoms with Gasteiger partial charge in [-0.05, 0) is 31.5 Å². The maximum atomic E-state index is 12.6. The van der Waals surface area contributed by atoms with E-state index in [0.717, 1.165) is 41.8 Å². The molecule has 1 N–H and O–H groups in total. The van der Waals surface area contributed by atoms with E-state index < -0.39 is 0 Å². The Bertz CT molecular complexity index is 833. The van der Waals surface area contributed by atoms with Gasteiger partial charge in [-0.1, -0.05) is 17.7 Å². The average Bonchev–Trinajstić information content (AvgIpc) is 2.65. The van der Waals surface area contributed by atoms with Gasteiger partial charge in [0.1, 0.15) is 17.5 Å². The van der Waals surface area contributed by atoms with Crippen LogP contribution in [0.3, 0.4) is 0 Å². The first-order valence-corrected chi connectivity index (χ1v) is 9.32. The molecule has 1 saturated heterocycles. The summed E-state index contributed by atoms with van der Waals surface area (Å²) in [5.41, 5.74) is 1.62. The number of aryl methyl sites for hydroxylation is 1. The van der Waals surface area contributed by atoms with Gasteiger partial charge in [0, 0.05) is 57.1 Å². The van der Waals surface area contributed by atoms with Crippen LogP contribution in [0.15, 0.2) is 24.3 Å². The summed E-state index contributed by atoms with van der Waals surface area (Å²) in [7, 11) is 3.93. The second-order valence-corrected chi connectivity index (χ2v) is 7.25. The Morgan fingerprint density at radius 2 is 1.85 bits per heavy atom. The van der Waals surface area contributed by atoms with Crippen molar-refractivity contribution in [1.82, 2.24) is 14.9 Å². The third-order valence-electron chi connectivity index (χ3n) is 4.67. The van der Waals surface area contributed by atoms with Gasteiger partial charge in [-0.25, -0.2) is 14.8 Å². The van der Waals surface area contributed by atoms with Gasteiger partial charge < -0.3 is 20.0 Å². The standard InChI is InChI=1S/C19H25ClN6O/c1-13-15(20)6-5-7-16(13)23-19(27)26-10-8-25(9-11-26)18-12-17(24(3)4)21-14(2)22-18/h5-7,12H,8-11H2,1-4H3,(H,23,27). The lowest BCUT2D eigenvalue weighted by atomic mass is 10.2. The van der Waals surface area contributed by atoms with Crippen molar-refractivity contribution in [2.75, 3.05) is 55.4 Å². The number of rotatable bonds is 3. The van der Waals surface area contributed by atoms with Crippen molar-refractivity contribution < 1.29 is 4.79 Å². The van der Waals surface area contributed by atoms with E-state index >= 15 is 0 Å². The first kappa shape index (κ1) is 19.2. The summed E-state index contributed by atoms with van der Waals surface area (Å²) < 4.78 is 0. The zero-order valence-electron chi connectivity index (χ0n) is 16.2. The predicted molar refractivity (Wildman–Crippen MR) is 110 cm³/mol. The second-order valence-electron chi connectivity index (χ2n) is 6.84. The molecular formula is C19H25ClN6O. The van der Waals surface area contributed by atoms with Crippen molar-refractivity contribution in [3.8, 4) is 0 Å². The first-order chi connectivity index (χ1) is 12.8. The molecule has 1 aliphatic heterocycles. The average molecular weight is 389 g/mol. The molecule has 8 heteroatoms. The predicted octanol–water partition coefficient (Wildman–Crippen LogP) is 3.17. The van der Waals surface area contributed by atoms with Gasteiger partial charge >= 0.3 is 6.03 Å². The van der Waals surface area contributed by atoms with Crippen molar-refractivity contribution in [2.45, 2.75) is 13.8 Å². The summed E-state index contributed by atoms with van der Waals surface area (Å²) in [6.07, 6.45) is 0. The highest BCUT2D eigenvalue weighted by molar-refractivity contribution is 6.31. The molecular weight excluding hydrogens is 364 g/mol. The summed E-state index contributed by atoms with van der Waals surface area (Å²) in [5.74, 6) is 2.53. The maximum Gasteiger partial charge on any atom is 0.321 e. The van der Waals surface area contributed by atoms with Crippen molar-refractivity contribution in [2.24, 2.45) is 0 Å². The van der Waals surface area contributed by atoms with E-state index in [1.54, 1.807) is 0 Å². The lowest BCUT2D eigenvalue weighted by Crippen LogP contribution is -2.50. The molecule has 0 radical (unpaired) electrons. The summed E-state index contributed by atoms with van der Waals surface area (Å²) in [6, 6.07) is 7.40. The van der Waals surface area contributed by atoms with Crippen LogP contribution in [0.1, 0.15) is 11.4 Å². The number of hydrogen-bond donors (Lipinski definition) is 1. The van der Waals surface area contributed by atoms with E-state index in [1.807, 2.05) is 62.0 Å². The van der Waals surface area contributed by atoms with E-state index in [4.69, 9.17) is 11.6 Å². The number of aromatic nitrogens is 2. The fraction of sp³-hybridized carbons (Fsp3) is 0.421. The number of carbonyl (C=O) groups is 1. The Labute approximate surface area is 165 Å². The highest BCUT2D eigenvalue weighted by Crippen LogP contribution is 2.24. The molecule has 0 aliphatic carbocycles. The van der Waals surface area contributed by atoms with Gasteiger partial charge in [0.25, 0.3) is 0 Å². The summed E-state index contributed by atoms with van der Waals surface area (Å²) in [5, 5.41) is 3.61. The van der Waals surface area contributed by atoms with Gasteiger partial charge in [0.15, 0.2) is 0 Å². The smallest absolute Gasteiger partial charge is 0.321 e. The zero-order valence-corrected chi connectivity index (χ0v) is 16.9. The largest absolute Gasteiger partial charge is 0.363 e. The number of piperazine rings is 1. The SMILES string of the molecule is Cc1nc(N(C)C)cc(N2CCN(C(=O)Nc3cccc(Cl)c3C)CC2)n1. The Morgan fingerprint density at radius 3 is 2.52 bits per heavy atom. The van der Waals surface area contributed by atoms with Gasteiger partial charge in [-0.15, -0.1) is 0 Å². The molecule has 1 aromatic carbocycles. The third kappa shape index (κ3) is 4.42. The number of nitrogens with zero attached hydrogens (tertiary/aromatic N) is 5.